The number of aromatic amines is 1. The van der Waals surface area contributed by atoms with E-state index in [0.29, 0.717) is 11.5 Å². The molecule has 3 aromatic rings. The fourth-order valence-corrected chi connectivity index (χ4v) is 2.94. The lowest BCUT2D eigenvalue weighted by molar-refractivity contribution is -0.384. The van der Waals surface area contributed by atoms with Gasteiger partial charge in [0.05, 0.1) is 37.3 Å². The molecule has 33 heavy (non-hydrogen) atoms. The van der Waals surface area contributed by atoms with Gasteiger partial charge < -0.3 is 24.3 Å². The normalized spacial score (nSPS) is 12.2. The van der Waals surface area contributed by atoms with Crippen LogP contribution in [-0.2, 0) is 4.74 Å². The number of rotatable bonds is 7. The van der Waals surface area contributed by atoms with Crippen LogP contribution in [0.15, 0.2) is 46.3 Å². The second-order valence-electron chi connectivity index (χ2n) is 6.49. The van der Waals surface area contributed by atoms with Gasteiger partial charge in [-0.3, -0.25) is 14.9 Å². The van der Waals surface area contributed by atoms with Crippen molar-refractivity contribution in [3.8, 4) is 11.5 Å². The molecule has 0 aliphatic rings. The lowest BCUT2D eigenvalue weighted by Gasteiger charge is -2.16. The number of nitro benzene ring substituents is 1. The molecule has 172 valence electrons. The summed E-state index contributed by atoms with van der Waals surface area (Å²) in [5, 5.41) is 25.8. The summed E-state index contributed by atoms with van der Waals surface area (Å²) >= 11 is 0. The number of aliphatic hydroxyl groups is 1. The van der Waals surface area contributed by atoms with Gasteiger partial charge in [-0.25, -0.2) is 15.2 Å². The fraction of sp³-hybridized carbons (Fsp3) is 0.200. The second-order valence-corrected chi connectivity index (χ2v) is 6.49. The van der Waals surface area contributed by atoms with E-state index in [0.717, 1.165) is 13.2 Å². The van der Waals surface area contributed by atoms with Crippen LogP contribution in [-0.4, -0.2) is 53.1 Å². The number of carbonyl (C=O) groups is 1. The summed E-state index contributed by atoms with van der Waals surface area (Å²) in [6.07, 6.45) is -2.48. The summed E-state index contributed by atoms with van der Waals surface area (Å²) in [4.78, 5) is 41.4. The molecule has 0 fully saturated rings. The number of aromatic nitrogens is 2. The van der Waals surface area contributed by atoms with Crippen LogP contribution in [0.4, 0.5) is 10.5 Å². The number of nitrogens with one attached hydrogen (secondary N) is 2. The Hall–Kier alpha value is -4.52. The number of non-ortho nitro benzene ring substituents is 1. The maximum absolute atomic E-state index is 12.8. The maximum Gasteiger partial charge on any atom is 0.427 e. The van der Waals surface area contributed by atoms with Gasteiger partial charge in [0.15, 0.2) is 17.2 Å². The smallest absolute Gasteiger partial charge is 0.427 e. The van der Waals surface area contributed by atoms with E-state index in [1.807, 2.05) is 0 Å². The molecule has 13 nitrogen and oxygen atoms in total. The van der Waals surface area contributed by atoms with Crippen molar-refractivity contribution in [2.24, 2.45) is 5.10 Å². The van der Waals surface area contributed by atoms with Gasteiger partial charge in [-0.1, -0.05) is 6.07 Å². The Morgan fingerprint density at radius 1 is 1.18 bits per heavy atom. The highest BCUT2D eigenvalue weighted by molar-refractivity contribution is 6.03. The van der Waals surface area contributed by atoms with Crippen molar-refractivity contribution >= 4 is 28.5 Å². The molecule has 0 saturated carbocycles. The molecule has 2 aromatic carbocycles. The van der Waals surface area contributed by atoms with Crippen LogP contribution in [0.25, 0.3) is 11.0 Å². The zero-order chi connectivity index (χ0) is 24.1. The Balaban J connectivity index is 2.15. The van der Waals surface area contributed by atoms with E-state index in [1.165, 1.54) is 38.5 Å². The molecule has 0 aliphatic carbocycles. The van der Waals surface area contributed by atoms with Crippen LogP contribution in [0.5, 0.6) is 11.5 Å². The molecule has 0 saturated heterocycles. The molecular weight excluding hydrogens is 438 g/mol. The van der Waals surface area contributed by atoms with E-state index in [2.05, 4.69) is 25.2 Å². The summed E-state index contributed by atoms with van der Waals surface area (Å²) in [6, 6.07) is 8.22. The van der Waals surface area contributed by atoms with Crippen molar-refractivity contribution in [1.29, 1.82) is 0 Å². The number of H-pyrrole nitrogens is 1. The number of amides is 1. The predicted molar refractivity (Wildman–Crippen MR) is 116 cm³/mol. The van der Waals surface area contributed by atoms with Gasteiger partial charge in [0.1, 0.15) is 11.8 Å². The summed E-state index contributed by atoms with van der Waals surface area (Å²) in [7, 11) is 3.98. The third-order valence-corrected chi connectivity index (χ3v) is 4.56. The maximum atomic E-state index is 12.8. The Morgan fingerprint density at radius 2 is 1.91 bits per heavy atom. The Bertz CT molecular complexity index is 1300. The predicted octanol–water partition coefficient (Wildman–Crippen LogP) is 1.64. The van der Waals surface area contributed by atoms with Gasteiger partial charge in [-0.15, -0.1) is 0 Å². The number of carbonyl (C=O) groups excluding carboxylic acids is 1. The molecule has 1 amide bonds. The second kappa shape index (κ2) is 9.74. The zero-order valence-corrected chi connectivity index (χ0v) is 17.7. The third kappa shape index (κ3) is 4.88. The number of aliphatic hydroxyl groups excluding tert-OH is 1. The number of ether oxygens (including phenoxy) is 3. The van der Waals surface area contributed by atoms with E-state index >= 15 is 0 Å². The Labute approximate surface area is 185 Å². The minimum Gasteiger partial charge on any atom is -0.493 e. The lowest BCUT2D eigenvalue weighted by Crippen LogP contribution is -2.29. The van der Waals surface area contributed by atoms with E-state index in [4.69, 9.17) is 9.47 Å². The standard InChI is InChI=1S/C20H19N5O8/c1-31-14-7-4-10(8-15(14)32-2)18(26)16(23-24-20(28)33-3)17-19(27)22-13-9-11(25(29)30)5-6-12(13)21-17/h4-9,18,26H,1-3H3,(H,22,27)(H,24,28)/b23-16-/t18-/m1/s1. The summed E-state index contributed by atoms with van der Waals surface area (Å²) in [5.41, 5.74) is 0.949. The molecule has 3 rings (SSSR count). The highest BCUT2D eigenvalue weighted by Crippen LogP contribution is 2.31. The monoisotopic (exact) mass is 457 g/mol. The quantitative estimate of drug-likeness (QED) is 0.270. The average molecular weight is 457 g/mol. The molecule has 0 bridgehead atoms. The van der Waals surface area contributed by atoms with Crippen molar-refractivity contribution in [2.45, 2.75) is 6.10 Å². The SMILES string of the molecule is COC(=O)N/N=C(/c1nc2ccc([N+](=O)[O-])cc2[nH]c1=O)[C@H](O)c1ccc(OC)c(OC)c1. The minimum absolute atomic E-state index is 0.110. The average Bonchev–Trinajstić information content (AvgIpc) is 2.82. The van der Waals surface area contributed by atoms with Crippen molar-refractivity contribution in [3.63, 3.8) is 0 Å². The van der Waals surface area contributed by atoms with Crippen molar-refractivity contribution in [1.82, 2.24) is 15.4 Å². The molecule has 13 heteroatoms. The summed E-state index contributed by atoms with van der Waals surface area (Å²) in [6.45, 7) is 0. The van der Waals surface area contributed by atoms with Crippen molar-refractivity contribution in [2.75, 3.05) is 21.3 Å². The Morgan fingerprint density at radius 3 is 2.55 bits per heavy atom. The van der Waals surface area contributed by atoms with E-state index in [9.17, 15) is 24.8 Å². The first kappa shape index (κ1) is 23.1. The third-order valence-electron chi connectivity index (χ3n) is 4.56. The van der Waals surface area contributed by atoms with Crippen LogP contribution >= 0.6 is 0 Å². The van der Waals surface area contributed by atoms with Crippen LogP contribution < -0.4 is 20.5 Å². The number of fused-ring (bicyclic) bond motifs is 1. The molecule has 0 aliphatic heterocycles. The number of benzene rings is 2. The number of nitro groups is 1. The van der Waals surface area contributed by atoms with Crippen LogP contribution in [0.1, 0.15) is 17.4 Å². The molecular formula is C20H19N5O8. The Kier molecular flexibility index (Phi) is 6.83. The molecule has 3 N–H and O–H groups in total. The van der Waals surface area contributed by atoms with Crippen molar-refractivity contribution < 1.29 is 29.0 Å². The number of hydrogen-bond donors (Lipinski definition) is 3. The van der Waals surface area contributed by atoms with Crippen LogP contribution in [0.2, 0.25) is 0 Å². The molecule has 0 unspecified atom stereocenters. The van der Waals surface area contributed by atoms with Gasteiger partial charge in [0.25, 0.3) is 11.2 Å². The van der Waals surface area contributed by atoms with E-state index < -0.39 is 22.7 Å². The van der Waals surface area contributed by atoms with Gasteiger partial charge in [0.2, 0.25) is 0 Å². The number of hydrogen-bond acceptors (Lipinski definition) is 10. The number of hydrazone groups is 1. The number of methoxy groups -OCH3 is 3. The molecule has 0 spiro atoms. The first-order valence-electron chi connectivity index (χ1n) is 9.29. The molecule has 1 heterocycles. The number of nitrogens with zero attached hydrogens (tertiary/aromatic N) is 3. The van der Waals surface area contributed by atoms with Gasteiger partial charge in [-0.2, -0.15) is 5.10 Å². The molecule has 1 aromatic heterocycles. The van der Waals surface area contributed by atoms with E-state index in [1.54, 1.807) is 6.07 Å². The first-order chi connectivity index (χ1) is 15.8. The minimum atomic E-state index is -1.54. The molecule has 0 radical (unpaired) electrons. The lowest BCUT2D eigenvalue weighted by atomic mass is 10.0. The summed E-state index contributed by atoms with van der Waals surface area (Å²) < 4.78 is 14.9. The van der Waals surface area contributed by atoms with Gasteiger partial charge >= 0.3 is 6.09 Å². The first-order valence-corrected chi connectivity index (χ1v) is 9.29. The van der Waals surface area contributed by atoms with Crippen LogP contribution in [0.3, 0.4) is 0 Å². The van der Waals surface area contributed by atoms with Crippen molar-refractivity contribution in [3.05, 3.63) is 68.1 Å². The topological polar surface area (TPSA) is 178 Å². The highest BCUT2D eigenvalue weighted by atomic mass is 16.6. The van der Waals surface area contributed by atoms with Gasteiger partial charge in [0, 0.05) is 12.1 Å². The fourth-order valence-electron chi connectivity index (χ4n) is 2.94. The highest BCUT2D eigenvalue weighted by Gasteiger charge is 2.24. The molecule has 1 atom stereocenters. The van der Waals surface area contributed by atoms with E-state index in [-0.39, 0.29) is 33.7 Å². The largest absolute Gasteiger partial charge is 0.493 e. The van der Waals surface area contributed by atoms with Crippen LogP contribution in [0, 0.1) is 10.1 Å². The van der Waals surface area contributed by atoms with Gasteiger partial charge in [-0.05, 0) is 23.8 Å². The zero-order valence-electron chi connectivity index (χ0n) is 17.7. The summed E-state index contributed by atoms with van der Waals surface area (Å²) in [5.74, 6) is 0.713.